The number of aromatic nitrogens is 2. The molecule has 0 saturated heterocycles. The average molecular weight is 499 g/mol. The molecular formula is C21H21Cl2FN4O3S. The van der Waals surface area contributed by atoms with Crippen molar-refractivity contribution in [3.05, 3.63) is 46.7 Å². The number of ether oxygens (including phenoxy) is 2. The van der Waals surface area contributed by atoms with Crippen molar-refractivity contribution in [3.63, 3.8) is 0 Å². The number of hydrogen-bond acceptors (Lipinski definition) is 8. The van der Waals surface area contributed by atoms with Crippen LogP contribution in [0.1, 0.15) is 19.4 Å². The molecule has 0 aliphatic heterocycles. The van der Waals surface area contributed by atoms with Gasteiger partial charge in [-0.3, -0.25) is 0 Å². The number of nitrogens with two attached hydrogens (primary N) is 1. The van der Waals surface area contributed by atoms with Crippen LogP contribution in [0, 0.1) is 17.1 Å². The van der Waals surface area contributed by atoms with Gasteiger partial charge in [0.15, 0.2) is 11.6 Å². The fourth-order valence-corrected chi connectivity index (χ4v) is 3.78. The van der Waals surface area contributed by atoms with Gasteiger partial charge in [-0.25, -0.2) is 4.39 Å². The molecule has 0 aliphatic carbocycles. The molecule has 0 spiro atoms. The van der Waals surface area contributed by atoms with E-state index in [1.807, 2.05) is 13.8 Å². The van der Waals surface area contributed by atoms with Crippen molar-refractivity contribution in [2.45, 2.75) is 26.0 Å². The van der Waals surface area contributed by atoms with Crippen molar-refractivity contribution < 1.29 is 19.0 Å². The molecule has 0 fully saturated rings. The summed E-state index contributed by atoms with van der Waals surface area (Å²) in [7, 11) is 0. The highest BCUT2D eigenvalue weighted by atomic mass is 35.5. The quantitative estimate of drug-likeness (QED) is 0.471. The van der Waals surface area contributed by atoms with Gasteiger partial charge in [0.2, 0.25) is 0 Å². The fourth-order valence-electron chi connectivity index (χ4n) is 2.61. The highest BCUT2D eigenvalue weighted by Crippen LogP contribution is 2.37. The summed E-state index contributed by atoms with van der Waals surface area (Å²) in [5.74, 6) is -0.211. The van der Waals surface area contributed by atoms with Gasteiger partial charge in [0.05, 0.1) is 29.3 Å². The third-order valence-corrected chi connectivity index (χ3v) is 5.39. The van der Waals surface area contributed by atoms with E-state index in [9.17, 15) is 9.65 Å². The average Bonchev–Trinajstić information content (AvgIpc) is 3.23. The van der Waals surface area contributed by atoms with Crippen molar-refractivity contribution in [3.8, 4) is 38.7 Å². The van der Waals surface area contributed by atoms with E-state index >= 15 is 0 Å². The first-order valence-electron chi connectivity index (χ1n) is 9.35. The van der Waals surface area contributed by atoms with Crippen LogP contribution in [0.4, 0.5) is 4.39 Å². The number of hydrogen-bond donors (Lipinski definition) is 2. The zero-order chi connectivity index (χ0) is 22.5. The summed E-state index contributed by atoms with van der Waals surface area (Å²) in [6.45, 7) is 3.43. The third kappa shape index (κ3) is 6.06. The van der Waals surface area contributed by atoms with Crippen LogP contribution < -0.4 is 15.2 Å². The molecule has 0 bridgehead atoms. The second kappa shape index (κ2) is 11.4. The van der Waals surface area contributed by atoms with Gasteiger partial charge in [-0.1, -0.05) is 22.9 Å². The van der Waals surface area contributed by atoms with Gasteiger partial charge in [-0.15, -0.1) is 22.6 Å². The number of rotatable bonds is 8. The van der Waals surface area contributed by atoms with Crippen molar-refractivity contribution in [1.29, 1.82) is 5.26 Å². The lowest BCUT2D eigenvalue weighted by Crippen LogP contribution is -2.31. The first-order chi connectivity index (χ1) is 14.8. The highest BCUT2D eigenvalue weighted by Gasteiger charge is 2.17. The van der Waals surface area contributed by atoms with E-state index < -0.39 is 11.9 Å². The Hall–Kier alpha value is -2.48. The lowest BCUT2D eigenvalue weighted by molar-refractivity contribution is 0.202. The Labute approximate surface area is 200 Å². The van der Waals surface area contributed by atoms with Crippen LogP contribution in [0.3, 0.4) is 0 Å². The Morgan fingerprint density at radius 3 is 2.59 bits per heavy atom. The van der Waals surface area contributed by atoms with E-state index in [1.165, 1.54) is 23.5 Å². The number of benzene rings is 2. The lowest BCUT2D eigenvalue weighted by Gasteiger charge is -2.12. The molecule has 3 rings (SSSR count). The zero-order valence-electron chi connectivity index (χ0n) is 17.2. The molecule has 170 valence electrons. The van der Waals surface area contributed by atoms with Crippen LogP contribution in [0.15, 0.2) is 30.3 Å². The minimum Gasteiger partial charge on any atom is -0.490 e. The number of halogens is 3. The second-order valence-electron chi connectivity index (χ2n) is 6.92. The molecule has 0 radical (unpaired) electrons. The van der Waals surface area contributed by atoms with Crippen molar-refractivity contribution in [2.75, 3.05) is 13.2 Å². The molecule has 1 heterocycles. The van der Waals surface area contributed by atoms with Crippen LogP contribution in [0.25, 0.3) is 21.1 Å². The largest absolute Gasteiger partial charge is 0.490 e. The minimum absolute atomic E-state index is 0. The molecule has 0 aliphatic rings. The normalized spacial score (nSPS) is 11.6. The van der Waals surface area contributed by atoms with E-state index in [0.29, 0.717) is 32.5 Å². The number of aliphatic hydroxyl groups excluding tert-OH is 1. The molecule has 0 saturated carbocycles. The molecule has 0 amide bonds. The summed E-state index contributed by atoms with van der Waals surface area (Å²) in [5, 5.41) is 27.8. The van der Waals surface area contributed by atoms with E-state index in [0.717, 1.165) is 0 Å². The van der Waals surface area contributed by atoms with E-state index in [4.69, 9.17) is 31.9 Å². The van der Waals surface area contributed by atoms with Crippen LogP contribution >= 0.6 is 35.3 Å². The predicted molar refractivity (Wildman–Crippen MR) is 124 cm³/mol. The predicted octanol–water partition coefficient (Wildman–Crippen LogP) is 4.44. The molecular weight excluding hydrogens is 478 g/mol. The smallest absolute Gasteiger partial charge is 0.165 e. The van der Waals surface area contributed by atoms with Crippen LogP contribution in [-0.2, 0) is 0 Å². The molecule has 32 heavy (non-hydrogen) atoms. The monoisotopic (exact) mass is 498 g/mol. The molecule has 7 nitrogen and oxygen atoms in total. The van der Waals surface area contributed by atoms with Gasteiger partial charge in [0.1, 0.15) is 28.4 Å². The van der Waals surface area contributed by atoms with Crippen molar-refractivity contribution >= 4 is 35.3 Å². The molecule has 1 aromatic heterocycles. The Morgan fingerprint density at radius 2 is 1.94 bits per heavy atom. The number of nitriles is 1. The van der Waals surface area contributed by atoms with Gasteiger partial charge in [-0.2, -0.15) is 5.26 Å². The SMILES string of the molecule is CC(C)Oc1ccc(-c2nnc(-c3cc(F)c(OC[C@@H](N)CO)cc3Cl)s2)cc1C#N.Cl. The molecule has 0 unspecified atom stereocenters. The third-order valence-electron chi connectivity index (χ3n) is 4.07. The lowest BCUT2D eigenvalue weighted by atomic mass is 10.1. The summed E-state index contributed by atoms with van der Waals surface area (Å²) < 4.78 is 25.4. The number of aliphatic hydroxyl groups is 1. The maximum atomic E-state index is 14.5. The Bertz CT molecular complexity index is 1120. The van der Waals surface area contributed by atoms with Gasteiger partial charge >= 0.3 is 0 Å². The van der Waals surface area contributed by atoms with Gasteiger partial charge in [-0.05, 0) is 38.1 Å². The molecule has 3 N–H and O–H groups in total. The molecule has 2 aromatic carbocycles. The molecule has 11 heteroatoms. The van der Waals surface area contributed by atoms with Crippen LogP contribution in [-0.4, -0.2) is 40.7 Å². The molecule has 3 aromatic rings. The zero-order valence-corrected chi connectivity index (χ0v) is 19.6. The van der Waals surface area contributed by atoms with E-state index in [-0.39, 0.29) is 42.5 Å². The topological polar surface area (TPSA) is 114 Å². The maximum Gasteiger partial charge on any atom is 0.165 e. The van der Waals surface area contributed by atoms with E-state index in [1.54, 1.807) is 18.2 Å². The number of nitrogens with zero attached hydrogens (tertiary/aromatic N) is 3. The summed E-state index contributed by atoms with van der Waals surface area (Å²) in [6.07, 6.45) is -0.0607. The minimum atomic E-state index is -0.636. The molecule has 1 atom stereocenters. The summed E-state index contributed by atoms with van der Waals surface area (Å²) in [5.41, 5.74) is 7.00. The van der Waals surface area contributed by atoms with Crippen molar-refractivity contribution in [1.82, 2.24) is 10.2 Å². The van der Waals surface area contributed by atoms with E-state index in [2.05, 4.69) is 16.3 Å². The summed E-state index contributed by atoms with van der Waals surface area (Å²) in [4.78, 5) is 0. The standard InChI is InChI=1S/C21H20ClFN4O3S.ClH/c1-11(2)30-18-4-3-12(5-13(18)8-24)20-26-27-21(31-20)15-6-17(23)19(7-16(15)22)29-10-14(25)9-28;/h3-7,11,14,28H,9-10,25H2,1-2H3;1H/t14-;/m0./s1. The Balaban J connectivity index is 0.00000363. The van der Waals surface area contributed by atoms with Gasteiger partial charge < -0.3 is 20.3 Å². The maximum absolute atomic E-state index is 14.5. The summed E-state index contributed by atoms with van der Waals surface area (Å²) in [6, 6.07) is 9.21. The van der Waals surface area contributed by atoms with Gasteiger partial charge in [0.25, 0.3) is 0 Å². The summed E-state index contributed by atoms with van der Waals surface area (Å²) >= 11 is 7.52. The fraction of sp³-hybridized carbons (Fsp3) is 0.286. The van der Waals surface area contributed by atoms with Crippen LogP contribution in [0.2, 0.25) is 5.02 Å². The van der Waals surface area contributed by atoms with Gasteiger partial charge in [0, 0.05) is 17.2 Å². The first kappa shape index (κ1) is 25.8. The Kier molecular flexibility index (Phi) is 9.19. The van der Waals surface area contributed by atoms with Crippen LogP contribution in [0.5, 0.6) is 11.5 Å². The first-order valence-corrected chi connectivity index (χ1v) is 10.5. The highest BCUT2D eigenvalue weighted by molar-refractivity contribution is 7.18. The van der Waals surface area contributed by atoms with Crippen molar-refractivity contribution in [2.24, 2.45) is 5.73 Å². The second-order valence-corrected chi connectivity index (χ2v) is 8.30. The Morgan fingerprint density at radius 1 is 1.22 bits per heavy atom.